The van der Waals surface area contributed by atoms with Crippen LogP contribution in [0.25, 0.3) is 0 Å². The summed E-state index contributed by atoms with van der Waals surface area (Å²) in [7, 11) is 0. The third-order valence-corrected chi connectivity index (χ3v) is 4.50. The van der Waals surface area contributed by atoms with Crippen molar-refractivity contribution < 1.29 is 9.53 Å². The van der Waals surface area contributed by atoms with E-state index in [0.29, 0.717) is 12.3 Å². The van der Waals surface area contributed by atoms with Crippen molar-refractivity contribution in [2.75, 3.05) is 11.5 Å². The molecule has 29 heavy (non-hydrogen) atoms. The van der Waals surface area contributed by atoms with Gasteiger partial charge in [0, 0.05) is 6.21 Å². The number of rotatable bonds is 7. The van der Waals surface area contributed by atoms with Gasteiger partial charge in [0.2, 0.25) is 0 Å². The zero-order valence-corrected chi connectivity index (χ0v) is 16.2. The first-order chi connectivity index (χ1) is 14.1. The van der Waals surface area contributed by atoms with E-state index in [2.05, 4.69) is 17.2 Å². The molecule has 1 aliphatic rings. The number of amides is 2. The number of amidine groups is 1. The van der Waals surface area contributed by atoms with Crippen molar-refractivity contribution in [3.05, 3.63) is 60.2 Å². The number of hydrogen-bond acceptors (Lipinski definition) is 5. The molecule has 0 saturated carbocycles. The second kappa shape index (κ2) is 9.51. The molecule has 1 aliphatic heterocycles. The highest BCUT2D eigenvalue weighted by molar-refractivity contribution is 6.20. The molecule has 2 N–H and O–H groups in total. The van der Waals surface area contributed by atoms with E-state index in [4.69, 9.17) is 10.1 Å². The molecule has 2 aromatic carbocycles. The number of para-hydroxylation sites is 1. The van der Waals surface area contributed by atoms with Gasteiger partial charge >= 0.3 is 6.03 Å². The van der Waals surface area contributed by atoms with E-state index in [-0.39, 0.29) is 5.84 Å². The summed E-state index contributed by atoms with van der Waals surface area (Å²) >= 11 is 0. The van der Waals surface area contributed by atoms with Gasteiger partial charge in [0.15, 0.2) is 0 Å². The maximum Gasteiger partial charge on any atom is 0.328 e. The number of ether oxygens (including phenoxy) is 1. The molecule has 1 saturated heterocycles. The minimum absolute atomic E-state index is 0.0396. The van der Waals surface area contributed by atoms with Crippen LogP contribution in [0.2, 0.25) is 0 Å². The Morgan fingerprint density at radius 2 is 1.97 bits per heavy atom. The number of benzene rings is 2. The van der Waals surface area contributed by atoms with Gasteiger partial charge in [0.25, 0.3) is 0 Å². The number of carbonyl (C=O) groups is 1. The molecule has 0 aromatic heterocycles. The fraction of sp³-hybridized carbons (Fsp3) is 0.273. The lowest BCUT2D eigenvalue weighted by atomic mass is 10.0. The van der Waals surface area contributed by atoms with E-state index in [1.807, 2.05) is 36.4 Å². The monoisotopic (exact) mass is 389 g/mol. The van der Waals surface area contributed by atoms with Gasteiger partial charge < -0.3 is 10.1 Å². The first-order valence-electron chi connectivity index (χ1n) is 9.53. The summed E-state index contributed by atoms with van der Waals surface area (Å²) in [4.78, 5) is 18.1. The van der Waals surface area contributed by atoms with Crippen molar-refractivity contribution in [3.8, 4) is 11.8 Å². The molecule has 7 heteroatoms. The van der Waals surface area contributed by atoms with Gasteiger partial charge in [-0.15, -0.1) is 0 Å². The first-order valence-corrected chi connectivity index (χ1v) is 9.53. The maximum atomic E-state index is 12.4. The average Bonchev–Trinajstić information content (AvgIpc) is 2.74. The van der Waals surface area contributed by atoms with Crippen molar-refractivity contribution in [1.82, 2.24) is 5.32 Å². The van der Waals surface area contributed by atoms with Crippen LogP contribution < -0.4 is 15.0 Å². The number of nitrogens with one attached hydrogen (secondary N) is 2. The number of anilines is 1. The van der Waals surface area contributed by atoms with Gasteiger partial charge in [-0.25, -0.2) is 9.69 Å². The SMILES string of the molecule is CCCCOc1ccc(C=NC2C(=N)N(c3ccccc3)C(=O)NC2C#N)cc1. The molecule has 0 aliphatic carbocycles. The number of nitriles is 1. The second-order valence-electron chi connectivity index (χ2n) is 6.61. The summed E-state index contributed by atoms with van der Waals surface area (Å²) in [5, 5.41) is 20.5. The van der Waals surface area contributed by atoms with Crippen LogP contribution in [-0.4, -0.2) is 36.8 Å². The molecule has 0 radical (unpaired) electrons. The van der Waals surface area contributed by atoms with Crippen LogP contribution in [0.15, 0.2) is 59.6 Å². The van der Waals surface area contributed by atoms with Gasteiger partial charge in [-0.3, -0.25) is 10.4 Å². The van der Waals surface area contributed by atoms with Crippen molar-refractivity contribution in [2.24, 2.45) is 4.99 Å². The Balaban J connectivity index is 1.76. The largest absolute Gasteiger partial charge is 0.494 e. The molecule has 0 spiro atoms. The van der Waals surface area contributed by atoms with E-state index < -0.39 is 18.1 Å². The Kier molecular flexibility index (Phi) is 6.59. The van der Waals surface area contributed by atoms with Crippen molar-refractivity contribution in [2.45, 2.75) is 31.8 Å². The highest BCUT2D eigenvalue weighted by Gasteiger charge is 2.39. The summed E-state index contributed by atoms with van der Waals surface area (Å²) in [5.41, 5.74) is 1.38. The highest BCUT2D eigenvalue weighted by atomic mass is 16.5. The van der Waals surface area contributed by atoms with Crippen LogP contribution in [0.4, 0.5) is 10.5 Å². The third kappa shape index (κ3) is 4.79. The summed E-state index contributed by atoms with van der Waals surface area (Å²) in [6, 6.07) is 16.2. The summed E-state index contributed by atoms with van der Waals surface area (Å²) in [5.74, 6) is 0.751. The van der Waals surface area contributed by atoms with Crippen LogP contribution in [-0.2, 0) is 0 Å². The Bertz CT molecular complexity index is 918. The number of carbonyl (C=O) groups excluding carboxylic acids is 1. The Morgan fingerprint density at radius 1 is 1.24 bits per heavy atom. The number of urea groups is 1. The third-order valence-electron chi connectivity index (χ3n) is 4.50. The van der Waals surface area contributed by atoms with Crippen LogP contribution in [0.1, 0.15) is 25.3 Å². The lowest BCUT2D eigenvalue weighted by Crippen LogP contribution is -2.61. The maximum absolute atomic E-state index is 12.4. The molecule has 148 valence electrons. The van der Waals surface area contributed by atoms with Crippen LogP contribution >= 0.6 is 0 Å². The minimum Gasteiger partial charge on any atom is -0.494 e. The van der Waals surface area contributed by atoms with Crippen LogP contribution in [0.5, 0.6) is 5.75 Å². The quantitative estimate of drug-likeness (QED) is 0.557. The smallest absolute Gasteiger partial charge is 0.328 e. The van der Waals surface area contributed by atoms with Gasteiger partial charge in [0.1, 0.15) is 23.7 Å². The van der Waals surface area contributed by atoms with Gasteiger partial charge in [-0.1, -0.05) is 31.5 Å². The number of hydrogen-bond donors (Lipinski definition) is 2. The number of aliphatic imine (C=N–C) groups is 1. The normalized spacial score (nSPS) is 19.1. The predicted molar refractivity (Wildman–Crippen MR) is 113 cm³/mol. The summed E-state index contributed by atoms with van der Waals surface area (Å²) in [6.45, 7) is 2.80. The van der Waals surface area contributed by atoms with E-state index >= 15 is 0 Å². The van der Waals surface area contributed by atoms with E-state index in [0.717, 1.165) is 24.2 Å². The molecule has 2 unspecified atom stereocenters. The van der Waals surface area contributed by atoms with E-state index in [1.54, 1.807) is 30.5 Å². The van der Waals surface area contributed by atoms with E-state index in [1.165, 1.54) is 4.90 Å². The number of nitrogens with zero attached hydrogens (tertiary/aromatic N) is 3. The fourth-order valence-corrected chi connectivity index (χ4v) is 2.92. The van der Waals surface area contributed by atoms with Gasteiger partial charge in [0.05, 0.1) is 18.4 Å². The van der Waals surface area contributed by atoms with Crippen LogP contribution in [0.3, 0.4) is 0 Å². The molecule has 2 amide bonds. The summed E-state index contributed by atoms with van der Waals surface area (Å²) in [6.07, 6.45) is 3.70. The standard InChI is InChI=1S/C22H23N5O2/c1-2-3-13-29-18-11-9-16(10-12-18)15-25-20-19(14-23)26-22(28)27(21(20)24)17-7-5-4-6-8-17/h4-12,15,19-20,24H,2-3,13H2,1H3,(H,26,28). The Labute approximate surface area is 170 Å². The average molecular weight is 389 g/mol. The second-order valence-corrected chi connectivity index (χ2v) is 6.61. The van der Waals surface area contributed by atoms with Crippen LogP contribution in [0, 0.1) is 16.7 Å². The molecule has 2 aromatic rings. The van der Waals surface area contributed by atoms with Gasteiger partial charge in [-0.05, 0) is 48.4 Å². The zero-order chi connectivity index (χ0) is 20.6. The Morgan fingerprint density at radius 3 is 2.62 bits per heavy atom. The lowest BCUT2D eigenvalue weighted by molar-refractivity contribution is 0.244. The molecule has 0 bridgehead atoms. The fourth-order valence-electron chi connectivity index (χ4n) is 2.92. The Hall–Kier alpha value is -3.66. The van der Waals surface area contributed by atoms with Crippen molar-refractivity contribution in [1.29, 1.82) is 10.7 Å². The molecule has 2 atom stereocenters. The number of unbranched alkanes of at least 4 members (excludes halogenated alkanes) is 1. The van der Waals surface area contributed by atoms with E-state index in [9.17, 15) is 10.1 Å². The minimum atomic E-state index is -0.900. The highest BCUT2D eigenvalue weighted by Crippen LogP contribution is 2.21. The molecule has 1 fully saturated rings. The predicted octanol–water partition coefficient (Wildman–Crippen LogP) is 3.75. The molecule has 3 rings (SSSR count). The van der Waals surface area contributed by atoms with Gasteiger partial charge in [-0.2, -0.15) is 5.26 Å². The topological polar surface area (TPSA) is 102 Å². The molecule has 1 heterocycles. The van der Waals surface area contributed by atoms with Crippen molar-refractivity contribution >= 4 is 23.8 Å². The molecular formula is C22H23N5O2. The van der Waals surface area contributed by atoms with Crippen molar-refractivity contribution in [3.63, 3.8) is 0 Å². The molecule has 7 nitrogen and oxygen atoms in total. The molecular weight excluding hydrogens is 366 g/mol. The zero-order valence-electron chi connectivity index (χ0n) is 16.2. The lowest BCUT2D eigenvalue weighted by Gasteiger charge is -2.34. The summed E-state index contributed by atoms with van der Waals surface area (Å²) < 4.78 is 5.65. The first kappa shape index (κ1) is 20.1.